The van der Waals surface area contributed by atoms with E-state index < -0.39 is 0 Å². The molecular weight excluding hydrogens is 258 g/mol. The summed E-state index contributed by atoms with van der Waals surface area (Å²) in [5.74, 6) is 1.09. The predicted octanol–water partition coefficient (Wildman–Crippen LogP) is 2.85. The Bertz CT molecular complexity index is 524. The van der Waals surface area contributed by atoms with Gasteiger partial charge in [-0.05, 0) is 43.4 Å². The van der Waals surface area contributed by atoms with Gasteiger partial charge in [0.2, 0.25) is 0 Å². The first-order chi connectivity index (χ1) is 9.21. The van der Waals surface area contributed by atoms with Crippen LogP contribution in [-0.2, 0) is 12.8 Å². The summed E-state index contributed by atoms with van der Waals surface area (Å²) in [5, 5.41) is 10.6. The largest absolute Gasteiger partial charge is 0.497 e. The lowest BCUT2D eigenvalue weighted by Gasteiger charge is -2.13. The van der Waals surface area contributed by atoms with Crippen LogP contribution in [-0.4, -0.2) is 23.8 Å². The maximum absolute atomic E-state index is 9.53. The highest BCUT2D eigenvalue weighted by molar-refractivity contribution is 7.11. The number of aliphatic hydroxyl groups is 1. The fourth-order valence-corrected chi connectivity index (χ4v) is 3.03. The van der Waals surface area contributed by atoms with Crippen molar-refractivity contribution in [3.05, 3.63) is 45.9 Å². The Kier molecular flexibility index (Phi) is 4.93. The SMILES string of the molecule is COc1cccc(CC(CO)Cc2cnc(C)s2)c1. The lowest BCUT2D eigenvalue weighted by Crippen LogP contribution is -2.12. The highest BCUT2D eigenvalue weighted by Crippen LogP contribution is 2.21. The Balaban J connectivity index is 2.01. The second kappa shape index (κ2) is 6.68. The van der Waals surface area contributed by atoms with Crippen LogP contribution < -0.4 is 4.74 Å². The number of benzene rings is 1. The minimum absolute atomic E-state index is 0.189. The summed E-state index contributed by atoms with van der Waals surface area (Å²) < 4.78 is 5.22. The smallest absolute Gasteiger partial charge is 0.119 e. The van der Waals surface area contributed by atoms with Crippen LogP contribution in [0.2, 0.25) is 0 Å². The van der Waals surface area contributed by atoms with Crippen LogP contribution >= 0.6 is 11.3 Å². The lowest BCUT2D eigenvalue weighted by atomic mass is 9.96. The molecule has 1 N–H and O–H groups in total. The molecule has 3 nitrogen and oxygen atoms in total. The lowest BCUT2D eigenvalue weighted by molar-refractivity contribution is 0.225. The molecule has 0 spiro atoms. The second-order valence-corrected chi connectivity index (χ2v) is 5.97. The number of thiazole rings is 1. The standard InChI is InChI=1S/C15H19NO2S/c1-11-16-9-15(19-11)8-13(10-17)6-12-4-3-5-14(7-12)18-2/h3-5,7,9,13,17H,6,8,10H2,1-2H3. The van der Waals surface area contributed by atoms with Gasteiger partial charge in [0, 0.05) is 17.7 Å². The molecule has 0 bridgehead atoms. The van der Waals surface area contributed by atoms with Crippen LogP contribution in [0.25, 0.3) is 0 Å². The molecule has 0 aliphatic rings. The summed E-state index contributed by atoms with van der Waals surface area (Å²) in [5.41, 5.74) is 1.19. The van der Waals surface area contributed by atoms with Gasteiger partial charge in [-0.1, -0.05) is 12.1 Å². The Morgan fingerprint density at radius 2 is 2.21 bits per heavy atom. The fraction of sp³-hybridized carbons (Fsp3) is 0.400. The van der Waals surface area contributed by atoms with Crippen LogP contribution in [0.3, 0.4) is 0 Å². The van der Waals surface area contributed by atoms with Gasteiger partial charge in [-0.25, -0.2) is 4.98 Å². The van der Waals surface area contributed by atoms with Gasteiger partial charge in [0.05, 0.1) is 12.1 Å². The van der Waals surface area contributed by atoms with Crippen molar-refractivity contribution in [2.24, 2.45) is 5.92 Å². The van der Waals surface area contributed by atoms with E-state index in [2.05, 4.69) is 11.1 Å². The molecule has 1 atom stereocenters. The fourth-order valence-electron chi connectivity index (χ4n) is 2.12. The van der Waals surface area contributed by atoms with Crippen molar-refractivity contribution >= 4 is 11.3 Å². The number of aliphatic hydroxyl groups excluding tert-OH is 1. The van der Waals surface area contributed by atoms with Crippen molar-refractivity contribution in [3.63, 3.8) is 0 Å². The van der Waals surface area contributed by atoms with E-state index in [1.807, 2.05) is 31.3 Å². The van der Waals surface area contributed by atoms with Crippen molar-refractivity contribution in [1.82, 2.24) is 4.98 Å². The summed E-state index contributed by atoms with van der Waals surface area (Å²) in [6.45, 7) is 2.19. The molecule has 0 radical (unpaired) electrons. The molecule has 0 saturated heterocycles. The number of rotatable bonds is 6. The summed E-state index contributed by atoms with van der Waals surface area (Å²) in [6.07, 6.45) is 3.64. The van der Waals surface area contributed by atoms with Crippen LogP contribution in [0.1, 0.15) is 15.4 Å². The average Bonchev–Trinajstić information content (AvgIpc) is 2.83. The van der Waals surface area contributed by atoms with Gasteiger partial charge in [0.1, 0.15) is 5.75 Å². The van der Waals surface area contributed by atoms with Crippen LogP contribution in [0.4, 0.5) is 0 Å². The molecule has 4 heteroatoms. The quantitative estimate of drug-likeness (QED) is 0.883. The van der Waals surface area contributed by atoms with E-state index in [-0.39, 0.29) is 12.5 Å². The number of aromatic nitrogens is 1. The third-order valence-corrected chi connectivity index (χ3v) is 4.01. The number of methoxy groups -OCH3 is 1. The van der Waals surface area contributed by atoms with Gasteiger partial charge < -0.3 is 9.84 Å². The first-order valence-electron chi connectivity index (χ1n) is 6.36. The summed E-state index contributed by atoms with van der Waals surface area (Å²) in [4.78, 5) is 5.49. The second-order valence-electron chi connectivity index (χ2n) is 4.65. The van der Waals surface area contributed by atoms with E-state index >= 15 is 0 Å². The highest BCUT2D eigenvalue weighted by atomic mass is 32.1. The number of nitrogens with zero attached hydrogens (tertiary/aromatic N) is 1. The first-order valence-corrected chi connectivity index (χ1v) is 7.18. The van der Waals surface area contributed by atoms with Gasteiger partial charge in [-0.15, -0.1) is 11.3 Å². The minimum atomic E-state index is 0.189. The maximum atomic E-state index is 9.53. The highest BCUT2D eigenvalue weighted by Gasteiger charge is 2.12. The monoisotopic (exact) mass is 277 g/mol. The normalized spacial score (nSPS) is 12.4. The minimum Gasteiger partial charge on any atom is -0.497 e. The predicted molar refractivity (Wildman–Crippen MR) is 77.8 cm³/mol. The van der Waals surface area contributed by atoms with E-state index in [4.69, 9.17) is 4.74 Å². The molecule has 2 aromatic rings. The molecule has 0 aliphatic heterocycles. The molecular formula is C15H19NO2S. The number of aryl methyl sites for hydroxylation is 1. The van der Waals surface area contributed by atoms with Gasteiger partial charge >= 0.3 is 0 Å². The first kappa shape index (κ1) is 14.0. The molecule has 102 valence electrons. The summed E-state index contributed by atoms with van der Waals surface area (Å²) in [6, 6.07) is 8.02. The molecule has 1 aromatic carbocycles. The zero-order chi connectivity index (χ0) is 13.7. The molecule has 1 unspecified atom stereocenters. The third kappa shape index (κ3) is 4.04. The molecule has 19 heavy (non-hydrogen) atoms. The van der Waals surface area contributed by atoms with Gasteiger partial charge in [-0.3, -0.25) is 0 Å². The van der Waals surface area contributed by atoms with Crippen molar-refractivity contribution in [2.45, 2.75) is 19.8 Å². The van der Waals surface area contributed by atoms with E-state index in [0.717, 1.165) is 23.6 Å². The van der Waals surface area contributed by atoms with Crippen molar-refractivity contribution in [3.8, 4) is 5.75 Å². The topological polar surface area (TPSA) is 42.4 Å². The van der Waals surface area contributed by atoms with Crippen molar-refractivity contribution in [2.75, 3.05) is 13.7 Å². The van der Waals surface area contributed by atoms with E-state index in [1.54, 1.807) is 18.4 Å². The van der Waals surface area contributed by atoms with E-state index in [0.29, 0.717) is 0 Å². The van der Waals surface area contributed by atoms with Crippen LogP contribution in [0.5, 0.6) is 5.75 Å². The molecule has 1 heterocycles. The number of hydrogen-bond donors (Lipinski definition) is 1. The van der Waals surface area contributed by atoms with Crippen molar-refractivity contribution < 1.29 is 9.84 Å². The maximum Gasteiger partial charge on any atom is 0.119 e. The van der Waals surface area contributed by atoms with Crippen LogP contribution in [0, 0.1) is 12.8 Å². The molecule has 0 amide bonds. The van der Waals surface area contributed by atoms with Crippen molar-refractivity contribution in [1.29, 1.82) is 0 Å². The zero-order valence-corrected chi connectivity index (χ0v) is 12.1. The molecule has 2 rings (SSSR count). The number of ether oxygens (including phenoxy) is 1. The molecule has 0 fully saturated rings. The van der Waals surface area contributed by atoms with Crippen LogP contribution in [0.15, 0.2) is 30.5 Å². The Morgan fingerprint density at radius 3 is 2.84 bits per heavy atom. The number of hydrogen-bond acceptors (Lipinski definition) is 4. The average molecular weight is 277 g/mol. The third-order valence-electron chi connectivity index (χ3n) is 3.08. The summed E-state index contributed by atoms with van der Waals surface area (Å²) >= 11 is 1.70. The zero-order valence-electron chi connectivity index (χ0n) is 11.3. The molecule has 0 saturated carbocycles. The van der Waals surface area contributed by atoms with Gasteiger partial charge in [0.25, 0.3) is 0 Å². The molecule has 0 aliphatic carbocycles. The molecule has 1 aromatic heterocycles. The van der Waals surface area contributed by atoms with E-state index in [1.165, 1.54) is 10.4 Å². The summed E-state index contributed by atoms with van der Waals surface area (Å²) in [7, 11) is 1.67. The van der Waals surface area contributed by atoms with Gasteiger partial charge in [-0.2, -0.15) is 0 Å². The Morgan fingerprint density at radius 1 is 1.37 bits per heavy atom. The van der Waals surface area contributed by atoms with E-state index in [9.17, 15) is 5.11 Å². The Labute approximate surface area is 117 Å². The Hall–Kier alpha value is -1.39. The van der Waals surface area contributed by atoms with Gasteiger partial charge in [0.15, 0.2) is 0 Å².